The average molecular weight is 206 g/mol. The normalized spacial score (nSPS) is 9.80. The van der Waals surface area contributed by atoms with Crippen LogP contribution in [-0.2, 0) is 20.7 Å². The summed E-state index contributed by atoms with van der Waals surface area (Å²) in [4.78, 5) is 22.2. The molecule has 0 saturated heterocycles. The predicted molar refractivity (Wildman–Crippen MR) is 56.6 cm³/mol. The maximum Gasteiger partial charge on any atom is 0.374 e. The van der Waals surface area contributed by atoms with Gasteiger partial charge in [0.25, 0.3) is 0 Å². The molecule has 1 aromatic carbocycles. The van der Waals surface area contributed by atoms with Gasteiger partial charge < -0.3 is 4.74 Å². The van der Waals surface area contributed by atoms with Crippen LogP contribution in [0.2, 0.25) is 0 Å². The molecule has 0 saturated carbocycles. The predicted octanol–water partition coefficient (Wildman–Crippen LogP) is 1.59. The van der Waals surface area contributed by atoms with E-state index in [4.69, 9.17) is 0 Å². The van der Waals surface area contributed by atoms with Gasteiger partial charge in [-0.3, -0.25) is 4.79 Å². The number of ketones is 1. The SMILES string of the molecule is COC(=O)C(=O)Cc1ccc(C)c(C)c1. The lowest BCUT2D eigenvalue weighted by molar-refractivity contribution is -0.151. The maximum atomic E-state index is 11.3. The van der Waals surface area contributed by atoms with Gasteiger partial charge in [-0.2, -0.15) is 0 Å². The van der Waals surface area contributed by atoms with Gasteiger partial charge in [0.1, 0.15) is 0 Å². The van der Waals surface area contributed by atoms with Crippen molar-refractivity contribution in [3.05, 3.63) is 34.9 Å². The second-order valence-electron chi connectivity index (χ2n) is 3.51. The number of benzene rings is 1. The molecule has 0 aliphatic rings. The van der Waals surface area contributed by atoms with Crippen molar-refractivity contribution < 1.29 is 14.3 Å². The maximum absolute atomic E-state index is 11.3. The minimum atomic E-state index is -0.784. The summed E-state index contributed by atoms with van der Waals surface area (Å²) >= 11 is 0. The molecular formula is C12H14O3. The van der Waals surface area contributed by atoms with Crippen molar-refractivity contribution in [2.45, 2.75) is 20.3 Å². The molecule has 0 fully saturated rings. The highest BCUT2D eigenvalue weighted by molar-refractivity contribution is 6.34. The van der Waals surface area contributed by atoms with Crippen LogP contribution in [0.25, 0.3) is 0 Å². The molecule has 15 heavy (non-hydrogen) atoms. The Balaban J connectivity index is 2.77. The second-order valence-corrected chi connectivity index (χ2v) is 3.51. The molecule has 0 amide bonds. The third-order valence-corrected chi connectivity index (χ3v) is 2.35. The zero-order valence-corrected chi connectivity index (χ0v) is 9.16. The number of carbonyl (C=O) groups excluding carboxylic acids is 2. The molecule has 80 valence electrons. The minimum Gasteiger partial charge on any atom is -0.463 e. The summed E-state index contributed by atoms with van der Waals surface area (Å²) in [5, 5.41) is 0. The molecule has 0 unspecified atom stereocenters. The monoisotopic (exact) mass is 206 g/mol. The molecule has 1 rings (SSSR count). The molecule has 0 aliphatic carbocycles. The lowest BCUT2D eigenvalue weighted by Gasteiger charge is -2.03. The van der Waals surface area contributed by atoms with E-state index in [-0.39, 0.29) is 6.42 Å². The summed E-state index contributed by atoms with van der Waals surface area (Å²) in [5.41, 5.74) is 3.13. The van der Waals surface area contributed by atoms with E-state index in [2.05, 4.69) is 4.74 Å². The average Bonchev–Trinajstić information content (AvgIpc) is 2.22. The van der Waals surface area contributed by atoms with E-state index in [1.165, 1.54) is 12.7 Å². The van der Waals surface area contributed by atoms with E-state index in [0.29, 0.717) is 0 Å². The third-order valence-electron chi connectivity index (χ3n) is 2.35. The number of ether oxygens (including phenoxy) is 1. The molecule has 0 heterocycles. The fourth-order valence-corrected chi connectivity index (χ4v) is 1.28. The van der Waals surface area contributed by atoms with Crippen molar-refractivity contribution in [2.24, 2.45) is 0 Å². The first-order valence-corrected chi connectivity index (χ1v) is 4.72. The Bertz CT molecular complexity index is 394. The fraction of sp³-hybridized carbons (Fsp3) is 0.333. The molecule has 0 spiro atoms. The number of aryl methyl sites for hydroxylation is 2. The van der Waals surface area contributed by atoms with Crippen molar-refractivity contribution in [1.82, 2.24) is 0 Å². The summed E-state index contributed by atoms with van der Waals surface area (Å²) in [5.74, 6) is -1.30. The first-order chi connectivity index (χ1) is 7.04. The molecular weight excluding hydrogens is 192 g/mol. The molecule has 0 radical (unpaired) electrons. The van der Waals surface area contributed by atoms with Crippen LogP contribution in [0.5, 0.6) is 0 Å². The van der Waals surface area contributed by atoms with Crippen LogP contribution >= 0.6 is 0 Å². The van der Waals surface area contributed by atoms with E-state index < -0.39 is 11.8 Å². The molecule has 3 nitrogen and oxygen atoms in total. The Morgan fingerprint density at radius 1 is 1.20 bits per heavy atom. The Hall–Kier alpha value is -1.64. The van der Waals surface area contributed by atoms with Crippen LogP contribution in [0.15, 0.2) is 18.2 Å². The number of carbonyl (C=O) groups is 2. The van der Waals surface area contributed by atoms with Gasteiger partial charge in [0.05, 0.1) is 7.11 Å². The van der Waals surface area contributed by atoms with Crippen LogP contribution in [-0.4, -0.2) is 18.9 Å². The highest BCUT2D eigenvalue weighted by atomic mass is 16.5. The Kier molecular flexibility index (Phi) is 3.61. The van der Waals surface area contributed by atoms with Crippen molar-refractivity contribution in [3.8, 4) is 0 Å². The van der Waals surface area contributed by atoms with Crippen LogP contribution in [0.1, 0.15) is 16.7 Å². The number of hydrogen-bond acceptors (Lipinski definition) is 3. The highest BCUT2D eigenvalue weighted by Crippen LogP contribution is 2.10. The van der Waals surface area contributed by atoms with Gasteiger partial charge in [-0.05, 0) is 30.5 Å². The first-order valence-electron chi connectivity index (χ1n) is 4.72. The molecule has 0 aliphatic heterocycles. The van der Waals surface area contributed by atoms with E-state index in [9.17, 15) is 9.59 Å². The van der Waals surface area contributed by atoms with Crippen LogP contribution in [0.3, 0.4) is 0 Å². The van der Waals surface area contributed by atoms with Crippen LogP contribution in [0, 0.1) is 13.8 Å². The lowest BCUT2D eigenvalue weighted by atomic mass is 10.0. The van der Waals surface area contributed by atoms with Gasteiger partial charge in [0.15, 0.2) is 0 Å². The van der Waals surface area contributed by atoms with Crippen molar-refractivity contribution in [2.75, 3.05) is 7.11 Å². The summed E-state index contributed by atoms with van der Waals surface area (Å²) in [6, 6.07) is 5.70. The van der Waals surface area contributed by atoms with Gasteiger partial charge in [-0.1, -0.05) is 18.2 Å². The van der Waals surface area contributed by atoms with E-state index in [1.54, 1.807) is 0 Å². The fourth-order valence-electron chi connectivity index (χ4n) is 1.28. The van der Waals surface area contributed by atoms with Crippen molar-refractivity contribution >= 4 is 11.8 Å². The Morgan fingerprint density at radius 3 is 2.40 bits per heavy atom. The molecule has 3 heteroatoms. The van der Waals surface area contributed by atoms with Crippen LogP contribution in [0.4, 0.5) is 0 Å². The minimum absolute atomic E-state index is 0.105. The topological polar surface area (TPSA) is 43.4 Å². The van der Waals surface area contributed by atoms with E-state index in [1.807, 2.05) is 32.0 Å². The number of hydrogen-bond donors (Lipinski definition) is 0. The second kappa shape index (κ2) is 4.73. The third kappa shape index (κ3) is 2.91. The standard InChI is InChI=1S/C12H14O3/c1-8-4-5-10(6-9(8)2)7-11(13)12(14)15-3/h4-6H,7H2,1-3H3. The number of rotatable bonds is 3. The van der Waals surface area contributed by atoms with Gasteiger partial charge >= 0.3 is 5.97 Å². The highest BCUT2D eigenvalue weighted by Gasteiger charge is 2.14. The van der Waals surface area contributed by atoms with Crippen LogP contribution < -0.4 is 0 Å². The molecule has 0 aromatic heterocycles. The van der Waals surface area contributed by atoms with Gasteiger partial charge in [0, 0.05) is 6.42 Å². The Labute approximate surface area is 89.1 Å². The Morgan fingerprint density at radius 2 is 1.87 bits per heavy atom. The zero-order valence-electron chi connectivity index (χ0n) is 9.16. The van der Waals surface area contributed by atoms with Gasteiger partial charge in [0.2, 0.25) is 5.78 Å². The number of methoxy groups -OCH3 is 1. The van der Waals surface area contributed by atoms with Gasteiger partial charge in [-0.15, -0.1) is 0 Å². The molecule has 0 N–H and O–H groups in total. The summed E-state index contributed by atoms with van der Waals surface area (Å²) in [6.45, 7) is 3.97. The zero-order chi connectivity index (χ0) is 11.4. The summed E-state index contributed by atoms with van der Waals surface area (Å²) in [7, 11) is 1.21. The van der Waals surface area contributed by atoms with E-state index >= 15 is 0 Å². The number of Topliss-reactive ketones (excluding diaryl/α,β-unsaturated/α-hetero) is 1. The van der Waals surface area contributed by atoms with Crippen molar-refractivity contribution in [1.29, 1.82) is 0 Å². The number of esters is 1. The molecule has 0 atom stereocenters. The van der Waals surface area contributed by atoms with Gasteiger partial charge in [-0.25, -0.2) is 4.79 Å². The quantitative estimate of drug-likeness (QED) is 0.557. The summed E-state index contributed by atoms with van der Waals surface area (Å²) in [6.07, 6.45) is 0.105. The first kappa shape index (κ1) is 11.4. The smallest absolute Gasteiger partial charge is 0.374 e. The summed E-state index contributed by atoms with van der Waals surface area (Å²) < 4.78 is 4.35. The molecule has 0 bridgehead atoms. The largest absolute Gasteiger partial charge is 0.463 e. The van der Waals surface area contributed by atoms with Crippen molar-refractivity contribution in [3.63, 3.8) is 0 Å². The van der Waals surface area contributed by atoms with E-state index in [0.717, 1.165) is 11.1 Å². The molecule has 1 aromatic rings. The lowest BCUT2D eigenvalue weighted by Crippen LogP contribution is -2.17.